The van der Waals surface area contributed by atoms with E-state index in [2.05, 4.69) is 15.2 Å². The first-order valence-corrected chi connectivity index (χ1v) is 7.85. The highest BCUT2D eigenvalue weighted by molar-refractivity contribution is 5.72. The van der Waals surface area contributed by atoms with Gasteiger partial charge in [0.05, 0.1) is 26.9 Å². The Bertz CT molecular complexity index is 909. The Morgan fingerprint density at radius 2 is 1.65 bits per heavy atom. The van der Waals surface area contributed by atoms with Crippen molar-refractivity contribution in [2.24, 2.45) is 0 Å². The molecule has 0 radical (unpaired) electrons. The first-order valence-electron chi connectivity index (χ1n) is 7.85. The molecule has 0 aliphatic heterocycles. The molecule has 0 fully saturated rings. The van der Waals surface area contributed by atoms with Crippen LogP contribution in [0.25, 0.3) is 23.5 Å². The number of aromatic amines is 1. The zero-order chi connectivity index (χ0) is 18.5. The van der Waals surface area contributed by atoms with E-state index in [4.69, 9.17) is 14.2 Å². The maximum absolute atomic E-state index is 9.89. The highest BCUT2D eigenvalue weighted by Crippen LogP contribution is 2.38. The molecule has 0 bridgehead atoms. The summed E-state index contributed by atoms with van der Waals surface area (Å²) in [6.07, 6.45) is 3.62. The van der Waals surface area contributed by atoms with E-state index in [1.165, 1.54) is 0 Å². The summed E-state index contributed by atoms with van der Waals surface area (Å²) >= 11 is 0. The van der Waals surface area contributed by atoms with Crippen molar-refractivity contribution in [3.05, 3.63) is 47.8 Å². The summed E-state index contributed by atoms with van der Waals surface area (Å²) in [6, 6.07) is 10.6. The largest absolute Gasteiger partial charge is 0.507 e. The van der Waals surface area contributed by atoms with Crippen LogP contribution in [0.2, 0.25) is 0 Å². The Balaban J connectivity index is 1.88. The molecule has 0 aliphatic rings. The number of aromatic nitrogens is 3. The van der Waals surface area contributed by atoms with Gasteiger partial charge in [-0.1, -0.05) is 18.2 Å². The maximum Gasteiger partial charge on any atom is 0.203 e. The quantitative estimate of drug-likeness (QED) is 0.706. The molecular formula is C19H19N3O4. The van der Waals surface area contributed by atoms with Gasteiger partial charge in [0.25, 0.3) is 0 Å². The van der Waals surface area contributed by atoms with Crippen LogP contribution >= 0.6 is 0 Å². The Morgan fingerprint density at radius 3 is 2.27 bits per heavy atom. The number of hydrogen-bond acceptors (Lipinski definition) is 6. The van der Waals surface area contributed by atoms with Crippen molar-refractivity contribution >= 4 is 12.2 Å². The molecule has 7 nitrogen and oxygen atoms in total. The molecule has 0 aliphatic carbocycles. The van der Waals surface area contributed by atoms with Crippen LogP contribution in [0, 0.1) is 0 Å². The van der Waals surface area contributed by atoms with E-state index >= 15 is 0 Å². The predicted octanol–water partition coefficient (Wildman–Crippen LogP) is 3.37. The van der Waals surface area contributed by atoms with Gasteiger partial charge in [-0.05, 0) is 35.9 Å². The third-order valence-corrected chi connectivity index (χ3v) is 3.77. The van der Waals surface area contributed by atoms with Crippen molar-refractivity contribution < 1.29 is 19.3 Å². The standard InChI is InChI=1S/C19H19N3O4/c1-24-15-10-12(11-16(25-2)18(15)26-3)8-9-17-20-19(22-21-17)13-6-4-5-7-14(13)23/h4-11,23H,1-3H3,(H,20,21,22)/b9-8+. The van der Waals surface area contributed by atoms with Gasteiger partial charge in [0.1, 0.15) is 11.6 Å². The minimum atomic E-state index is 0.131. The summed E-state index contributed by atoms with van der Waals surface area (Å²) in [6.45, 7) is 0. The lowest BCUT2D eigenvalue weighted by Crippen LogP contribution is -1.95. The molecule has 1 heterocycles. The molecular weight excluding hydrogens is 334 g/mol. The topological polar surface area (TPSA) is 89.5 Å². The van der Waals surface area contributed by atoms with Crippen LogP contribution in [-0.4, -0.2) is 41.6 Å². The lowest BCUT2D eigenvalue weighted by Gasteiger charge is -2.12. The van der Waals surface area contributed by atoms with Crippen molar-refractivity contribution in [3.8, 4) is 34.4 Å². The van der Waals surface area contributed by atoms with Crippen LogP contribution in [0.3, 0.4) is 0 Å². The molecule has 134 valence electrons. The Kier molecular flexibility index (Phi) is 5.07. The van der Waals surface area contributed by atoms with Gasteiger partial charge in [-0.2, -0.15) is 5.10 Å². The second kappa shape index (κ2) is 7.60. The number of phenols is 1. The van der Waals surface area contributed by atoms with Gasteiger partial charge >= 0.3 is 0 Å². The lowest BCUT2D eigenvalue weighted by molar-refractivity contribution is 0.324. The summed E-state index contributed by atoms with van der Waals surface area (Å²) in [4.78, 5) is 4.37. The van der Waals surface area contributed by atoms with E-state index in [0.29, 0.717) is 34.5 Å². The molecule has 26 heavy (non-hydrogen) atoms. The number of aromatic hydroxyl groups is 1. The van der Waals surface area contributed by atoms with Gasteiger partial charge in [0.2, 0.25) is 5.75 Å². The van der Waals surface area contributed by atoms with Gasteiger partial charge in [-0.25, -0.2) is 4.98 Å². The van der Waals surface area contributed by atoms with Crippen molar-refractivity contribution in [3.63, 3.8) is 0 Å². The van der Waals surface area contributed by atoms with E-state index in [0.717, 1.165) is 5.56 Å². The van der Waals surface area contributed by atoms with Crippen LogP contribution in [0.5, 0.6) is 23.0 Å². The number of nitrogens with zero attached hydrogens (tertiary/aromatic N) is 2. The maximum atomic E-state index is 9.89. The van der Waals surface area contributed by atoms with E-state index in [9.17, 15) is 5.11 Å². The normalized spacial score (nSPS) is 10.9. The minimum absolute atomic E-state index is 0.131. The SMILES string of the molecule is COc1cc(/C=C/c2nc(-c3ccccc3O)n[nH]2)cc(OC)c1OC. The highest BCUT2D eigenvalue weighted by Gasteiger charge is 2.12. The van der Waals surface area contributed by atoms with Crippen LogP contribution in [-0.2, 0) is 0 Å². The Labute approximate surface area is 150 Å². The number of hydrogen-bond donors (Lipinski definition) is 2. The van der Waals surface area contributed by atoms with Crippen molar-refractivity contribution in [2.45, 2.75) is 0 Å². The van der Waals surface area contributed by atoms with Crippen molar-refractivity contribution in [1.82, 2.24) is 15.2 Å². The fraction of sp³-hybridized carbons (Fsp3) is 0.158. The molecule has 0 saturated heterocycles. The molecule has 0 spiro atoms. The number of rotatable bonds is 6. The summed E-state index contributed by atoms with van der Waals surface area (Å²) in [5, 5.41) is 16.9. The van der Waals surface area contributed by atoms with E-state index in [1.807, 2.05) is 24.3 Å². The zero-order valence-electron chi connectivity index (χ0n) is 14.7. The van der Waals surface area contributed by atoms with Gasteiger partial charge in [-0.3, -0.25) is 5.10 Å². The number of benzene rings is 2. The second-order valence-electron chi connectivity index (χ2n) is 5.35. The molecule has 3 aromatic rings. The Morgan fingerprint density at radius 1 is 0.962 bits per heavy atom. The van der Waals surface area contributed by atoms with Gasteiger partial charge in [-0.15, -0.1) is 0 Å². The zero-order valence-corrected chi connectivity index (χ0v) is 14.7. The molecule has 0 atom stereocenters. The molecule has 2 aromatic carbocycles. The molecule has 7 heteroatoms. The number of phenolic OH excluding ortho intramolecular Hbond substituents is 1. The molecule has 0 saturated carbocycles. The van der Waals surface area contributed by atoms with Crippen LogP contribution < -0.4 is 14.2 Å². The van der Waals surface area contributed by atoms with Crippen molar-refractivity contribution in [2.75, 3.05) is 21.3 Å². The summed E-state index contributed by atoms with van der Waals surface area (Å²) in [5.41, 5.74) is 1.41. The third-order valence-electron chi connectivity index (χ3n) is 3.77. The van der Waals surface area contributed by atoms with E-state index < -0.39 is 0 Å². The van der Waals surface area contributed by atoms with Crippen molar-refractivity contribution in [1.29, 1.82) is 0 Å². The highest BCUT2D eigenvalue weighted by atomic mass is 16.5. The number of H-pyrrole nitrogens is 1. The van der Waals surface area contributed by atoms with Crippen LogP contribution in [0.1, 0.15) is 11.4 Å². The van der Waals surface area contributed by atoms with Crippen LogP contribution in [0.15, 0.2) is 36.4 Å². The number of methoxy groups -OCH3 is 3. The summed E-state index contributed by atoms with van der Waals surface area (Å²) in [7, 11) is 4.70. The summed E-state index contributed by atoms with van der Waals surface area (Å²) < 4.78 is 16.0. The average Bonchev–Trinajstić information content (AvgIpc) is 3.14. The molecule has 2 N–H and O–H groups in total. The predicted molar refractivity (Wildman–Crippen MR) is 98.5 cm³/mol. The lowest BCUT2D eigenvalue weighted by atomic mass is 10.1. The fourth-order valence-corrected chi connectivity index (χ4v) is 2.50. The van der Waals surface area contributed by atoms with Crippen LogP contribution in [0.4, 0.5) is 0 Å². The molecule has 0 amide bonds. The monoisotopic (exact) mass is 353 g/mol. The minimum Gasteiger partial charge on any atom is -0.507 e. The third kappa shape index (κ3) is 3.46. The second-order valence-corrected chi connectivity index (χ2v) is 5.35. The van der Waals surface area contributed by atoms with E-state index in [-0.39, 0.29) is 5.75 Å². The first kappa shape index (κ1) is 17.3. The molecule has 3 rings (SSSR count). The van der Waals surface area contributed by atoms with E-state index in [1.54, 1.807) is 45.6 Å². The fourth-order valence-electron chi connectivity index (χ4n) is 2.50. The average molecular weight is 353 g/mol. The van der Waals surface area contributed by atoms with Gasteiger partial charge in [0.15, 0.2) is 17.3 Å². The summed E-state index contributed by atoms with van der Waals surface area (Å²) in [5.74, 6) is 2.78. The first-order chi connectivity index (χ1) is 12.7. The number of nitrogens with one attached hydrogen (secondary N) is 1. The number of para-hydroxylation sites is 1. The van der Waals surface area contributed by atoms with Gasteiger partial charge < -0.3 is 19.3 Å². The smallest absolute Gasteiger partial charge is 0.203 e. The Hall–Kier alpha value is -3.48. The molecule has 0 unspecified atom stereocenters. The number of ether oxygens (including phenoxy) is 3. The molecule has 1 aromatic heterocycles. The van der Waals surface area contributed by atoms with Gasteiger partial charge in [0, 0.05) is 0 Å².